The first-order chi connectivity index (χ1) is 10.1. The average molecular weight is 289 g/mol. The Morgan fingerprint density at radius 2 is 2.38 bits per heavy atom. The Morgan fingerprint density at radius 3 is 3.10 bits per heavy atom. The molecule has 0 radical (unpaired) electrons. The lowest BCUT2D eigenvalue weighted by Gasteiger charge is -2.35. The van der Waals surface area contributed by atoms with Crippen LogP contribution >= 0.6 is 0 Å². The van der Waals surface area contributed by atoms with Gasteiger partial charge in [0.05, 0.1) is 6.42 Å². The third kappa shape index (κ3) is 3.41. The molecule has 1 saturated heterocycles. The monoisotopic (exact) mass is 289 g/mol. The van der Waals surface area contributed by atoms with Gasteiger partial charge in [0.25, 0.3) is 0 Å². The van der Waals surface area contributed by atoms with Crippen molar-refractivity contribution in [3.05, 3.63) is 11.8 Å². The fraction of sp³-hybridized carbons (Fsp3) is 0.643. The van der Waals surface area contributed by atoms with Crippen LogP contribution in [0.3, 0.4) is 0 Å². The lowest BCUT2D eigenvalue weighted by atomic mass is 10.2. The maximum Gasteiger partial charge on any atom is 0.175 e. The van der Waals surface area contributed by atoms with E-state index in [0.29, 0.717) is 35.9 Å². The molecule has 5 N–H and O–H groups in total. The van der Waals surface area contributed by atoms with Crippen molar-refractivity contribution in [1.82, 2.24) is 20.4 Å². The molecule has 7 heteroatoms. The van der Waals surface area contributed by atoms with E-state index < -0.39 is 0 Å². The van der Waals surface area contributed by atoms with Gasteiger partial charge in [0.15, 0.2) is 5.82 Å². The first-order valence-corrected chi connectivity index (χ1v) is 7.56. The van der Waals surface area contributed by atoms with Crippen LogP contribution in [0, 0.1) is 5.41 Å². The van der Waals surface area contributed by atoms with E-state index >= 15 is 0 Å². The summed E-state index contributed by atoms with van der Waals surface area (Å²) in [5.41, 5.74) is 7.12. The van der Waals surface area contributed by atoms with E-state index in [9.17, 15) is 0 Å². The van der Waals surface area contributed by atoms with Crippen LogP contribution in [0.5, 0.6) is 0 Å². The van der Waals surface area contributed by atoms with Crippen molar-refractivity contribution in [1.29, 1.82) is 5.41 Å². The summed E-state index contributed by atoms with van der Waals surface area (Å²) in [5, 5.41) is 18.7. The van der Waals surface area contributed by atoms with Crippen LogP contribution in [-0.2, 0) is 0 Å². The molecular weight excluding hydrogens is 266 g/mol. The molecule has 1 aliphatic carbocycles. The van der Waals surface area contributed by atoms with Gasteiger partial charge in [-0.3, -0.25) is 10.5 Å². The smallest absolute Gasteiger partial charge is 0.175 e. The van der Waals surface area contributed by atoms with Gasteiger partial charge in [-0.05, 0) is 19.8 Å². The minimum atomic E-state index is 0.325. The third-order valence-electron chi connectivity index (χ3n) is 4.06. The van der Waals surface area contributed by atoms with Gasteiger partial charge in [0.2, 0.25) is 0 Å². The van der Waals surface area contributed by atoms with E-state index in [-0.39, 0.29) is 0 Å². The van der Waals surface area contributed by atoms with Gasteiger partial charge in [0.1, 0.15) is 11.7 Å². The SMILES string of the molecule is CC1CNCCN1C(=N)CC(N)=Nc1cc(C2CC2)[nH]n1. The van der Waals surface area contributed by atoms with Crippen molar-refractivity contribution >= 4 is 17.5 Å². The lowest BCUT2D eigenvalue weighted by molar-refractivity contribution is 0.270. The molecular formula is C14H23N7. The van der Waals surface area contributed by atoms with Crippen LogP contribution in [0.2, 0.25) is 0 Å². The van der Waals surface area contributed by atoms with E-state index in [1.165, 1.54) is 12.8 Å². The first-order valence-electron chi connectivity index (χ1n) is 7.56. The number of nitrogens with zero attached hydrogens (tertiary/aromatic N) is 3. The van der Waals surface area contributed by atoms with E-state index in [0.717, 1.165) is 25.3 Å². The van der Waals surface area contributed by atoms with Crippen molar-refractivity contribution in [2.24, 2.45) is 10.7 Å². The number of nitrogens with two attached hydrogens (primary N) is 1. The molecule has 0 bridgehead atoms. The zero-order valence-electron chi connectivity index (χ0n) is 12.4. The van der Waals surface area contributed by atoms with Crippen molar-refractivity contribution in [2.45, 2.75) is 38.1 Å². The quantitative estimate of drug-likeness (QED) is 0.489. The summed E-state index contributed by atoms with van der Waals surface area (Å²) >= 11 is 0. The molecule has 0 amide bonds. The number of rotatable bonds is 4. The summed E-state index contributed by atoms with van der Waals surface area (Å²) in [4.78, 5) is 6.40. The molecule has 1 aliphatic heterocycles. The predicted octanol–water partition coefficient (Wildman–Crippen LogP) is 0.937. The fourth-order valence-corrected chi connectivity index (χ4v) is 2.69. The Labute approximate surface area is 124 Å². The molecule has 2 fully saturated rings. The van der Waals surface area contributed by atoms with E-state index in [4.69, 9.17) is 11.1 Å². The first kappa shape index (κ1) is 14.1. The standard InChI is InChI=1S/C14H23N7/c1-9-8-17-4-5-21(9)13(16)7-12(15)18-14-6-11(19-20-14)10-2-3-10/h6,9-10,16-17H,2-5,7-8H2,1H3,(H3,15,18,19,20). The summed E-state index contributed by atoms with van der Waals surface area (Å²) in [7, 11) is 0. The number of aliphatic imine (C=N–C) groups is 1. The Hall–Kier alpha value is -1.89. The summed E-state index contributed by atoms with van der Waals surface area (Å²) in [6, 6.07) is 2.28. The number of hydrogen-bond acceptors (Lipinski definition) is 4. The minimum absolute atomic E-state index is 0.325. The van der Waals surface area contributed by atoms with Crippen molar-refractivity contribution in [3.8, 4) is 0 Å². The normalized spacial score (nSPS) is 23.4. The van der Waals surface area contributed by atoms with Gasteiger partial charge in [-0.2, -0.15) is 5.10 Å². The number of hydrogen-bond donors (Lipinski definition) is 4. The van der Waals surface area contributed by atoms with Crippen LogP contribution in [-0.4, -0.2) is 52.4 Å². The van der Waals surface area contributed by atoms with Crippen molar-refractivity contribution in [3.63, 3.8) is 0 Å². The molecule has 1 saturated carbocycles. The largest absolute Gasteiger partial charge is 0.387 e. The number of aromatic nitrogens is 2. The van der Waals surface area contributed by atoms with Crippen LogP contribution in [0.25, 0.3) is 0 Å². The van der Waals surface area contributed by atoms with Gasteiger partial charge in [-0.15, -0.1) is 0 Å². The minimum Gasteiger partial charge on any atom is -0.387 e. The number of H-pyrrole nitrogens is 1. The molecule has 1 atom stereocenters. The highest BCUT2D eigenvalue weighted by Gasteiger charge is 2.25. The number of nitrogens with one attached hydrogen (secondary N) is 3. The highest BCUT2D eigenvalue weighted by atomic mass is 15.2. The molecule has 114 valence electrons. The fourth-order valence-electron chi connectivity index (χ4n) is 2.69. The molecule has 2 heterocycles. The van der Waals surface area contributed by atoms with Gasteiger partial charge in [0, 0.05) is 43.4 Å². The molecule has 0 aromatic carbocycles. The van der Waals surface area contributed by atoms with Gasteiger partial charge < -0.3 is 16.0 Å². The summed E-state index contributed by atoms with van der Waals surface area (Å²) < 4.78 is 0. The summed E-state index contributed by atoms with van der Waals surface area (Å²) in [5.74, 6) is 2.22. The van der Waals surface area contributed by atoms with Crippen LogP contribution < -0.4 is 11.1 Å². The molecule has 0 spiro atoms. The molecule has 3 rings (SSSR count). The number of piperazine rings is 1. The van der Waals surface area contributed by atoms with E-state index in [1.807, 2.05) is 6.07 Å². The Balaban J connectivity index is 1.59. The van der Waals surface area contributed by atoms with Crippen molar-refractivity contribution < 1.29 is 0 Å². The van der Waals surface area contributed by atoms with Crippen LogP contribution in [0.1, 0.15) is 37.8 Å². The van der Waals surface area contributed by atoms with Crippen LogP contribution in [0.4, 0.5) is 5.82 Å². The highest BCUT2D eigenvalue weighted by Crippen LogP contribution is 2.39. The average Bonchev–Trinajstić information content (AvgIpc) is 3.20. The number of amidine groups is 2. The molecule has 1 unspecified atom stereocenters. The highest BCUT2D eigenvalue weighted by molar-refractivity contribution is 6.01. The van der Waals surface area contributed by atoms with Crippen molar-refractivity contribution in [2.75, 3.05) is 19.6 Å². The summed E-state index contributed by atoms with van der Waals surface area (Å²) in [6.45, 7) is 4.78. The molecule has 2 aliphatic rings. The van der Waals surface area contributed by atoms with E-state index in [2.05, 4.69) is 32.3 Å². The number of aromatic amines is 1. The molecule has 7 nitrogen and oxygen atoms in total. The van der Waals surface area contributed by atoms with Gasteiger partial charge in [-0.1, -0.05) is 0 Å². The Morgan fingerprint density at radius 1 is 1.57 bits per heavy atom. The second-order valence-electron chi connectivity index (χ2n) is 5.93. The zero-order valence-corrected chi connectivity index (χ0v) is 12.4. The molecule has 1 aromatic rings. The second-order valence-corrected chi connectivity index (χ2v) is 5.93. The van der Waals surface area contributed by atoms with Gasteiger partial charge >= 0.3 is 0 Å². The predicted molar refractivity (Wildman–Crippen MR) is 83.2 cm³/mol. The zero-order chi connectivity index (χ0) is 14.8. The second kappa shape index (κ2) is 5.85. The molecule has 1 aromatic heterocycles. The Kier molecular flexibility index (Phi) is 3.92. The van der Waals surface area contributed by atoms with Crippen LogP contribution in [0.15, 0.2) is 11.1 Å². The summed E-state index contributed by atoms with van der Waals surface area (Å²) in [6.07, 6.45) is 2.83. The maximum absolute atomic E-state index is 8.20. The lowest BCUT2D eigenvalue weighted by Crippen LogP contribution is -2.52. The maximum atomic E-state index is 8.20. The van der Waals surface area contributed by atoms with Gasteiger partial charge in [-0.25, -0.2) is 4.99 Å². The third-order valence-corrected chi connectivity index (χ3v) is 4.06. The van der Waals surface area contributed by atoms with E-state index in [1.54, 1.807) is 0 Å². The molecule has 21 heavy (non-hydrogen) atoms. The topological polar surface area (TPSA) is 106 Å². The Bertz CT molecular complexity index is 543.